The second-order valence-electron chi connectivity index (χ2n) is 7.04. The van der Waals surface area contributed by atoms with Gasteiger partial charge in [0, 0.05) is 5.69 Å². The largest absolute Gasteiger partial charge is 0.497 e. The molecule has 0 aliphatic heterocycles. The molecule has 1 N–H and O–H groups in total. The van der Waals surface area contributed by atoms with Crippen molar-refractivity contribution in [1.82, 2.24) is 0 Å². The van der Waals surface area contributed by atoms with Crippen LogP contribution in [-0.2, 0) is 11.4 Å². The van der Waals surface area contributed by atoms with E-state index < -0.39 is 5.91 Å². The fraction of sp³-hybridized carbons (Fsp3) is 0.154. The van der Waals surface area contributed by atoms with Gasteiger partial charge in [-0.3, -0.25) is 4.79 Å². The first-order valence-corrected chi connectivity index (χ1v) is 9.96. The maximum Gasteiger partial charge on any atom is 0.266 e. The SMILES string of the molecule is COc1ccc(NC(=O)/C(C#N)=C\c2ccc(OCc3ccc(C)cc3)c(OC)c2)cc1. The number of nitriles is 1. The Morgan fingerprint density at radius 3 is 2.31 bits per heavy atom. The molecule has 0 radical (unpaired) electrons. The summed E-state index contributed by atoms with van der Waals surface area (Å²) in [6.45, 7) is 2.44. The lowest BCUT2D eigenvalue weighted by Gasteiger charge is -2.12. The van der Waals surface area contributed by atoms with Gasteiger partial charge in [-0.05, 0) is 60.5 Å². The second kappa shape index (κ2) is 10.7. The summed E-state index contributed by atoms with van der Waals surface area (Å²) in [5, 5.41) is 12.2. The van der Waals surface area contributed by atoms with Crippen LogP contribution in [0.5, 0.6) is 17.2 Å². The van der Waals surface area contributed by atoms with E-state index in [2.05, 4.69) is 5.32 Å². The van der Waals surface area contributed by atoms with Gasteiger partial charge in [-0.15, -0.1) is 0 Å². The van der Waals surface area contributed by atoms with E-state index in [-0.39, 0.29) is 5.57 Å². The number of nitrogens with one attached hydrogen (secondary N) is 1. The zero-order chi connectivity index (χ0) is 22.9. The molecule has 3 rings (SSSR count). The van der Waals surface area contributed by atoms with E-state index in [1.165, 1.54) is 11.6 Å². The highest BCUT2D eigenvalue weighted by molar-refractivity contribution is 6.09. The van der Waals surface area contributed by atoms with Gasteiger partial charge in [-0.1, -0.05) is 35.9 Å². The van der Waals surface area contributed by atoms with Crippen LogP contribution in [0.1, 0.15) is 16.7 Å². The molecule has 0 aliphatic rings. The van der Waals surface area contributed by atoms with Crippen molar-refractivity contribution in [2.75, 3.05) is 19.5 Å². The molecule has 162 valence electrons. The third kappa shape index (κ3) is 5.89. The van der Waals surface area contributed by atoms with Gasteiger partial charge in [0.15, 0.2) is 11.5 Å². The smallest absolute Gasteiger partial charge is 0.266 e. The molecule has 0 aliphatic carbocycles. The highest BCUT2D eigenvalue weighted by Gasteiger charge is 2.11. The molecule has 0 bridgehead atoms. The molecule has 0 saturated carbocycles. The average molecular weight is 428 g/mol. The molecule has 0 unspecified atom stereocenters. The quantitative estimate of drug-likeness (QED) is 0.397. The number of methoxy groups -OCH3 is 2. The Bertz CT molecular complexity index is 1140. The Labute approximate surface area is 187 Å². The number of carbonyl (C=O) groups is 1. The lowest BCUT2D eigenvalue weighted by Crippen LogP contribution is -2.13. The van der Waals surface area contributed by atoms with Crippen LogP contribution < -0.4 is 19.5 Å². The summed E-state index contributed by atoms with van der Waals surface area (Å²) >= 11 is 0. The number of aryl methyl sites for hydroxylation is 1. The number of anilines is 1. The summed E-state index contributed by atoms with van der Waals surface area (Å²) in [5.74, 6) is 1.26. The average Bonchev–Trinajstić information content (AvgIpc) is 2.82. The maximum atomic E-state index is 12.5. The molecule has 0 aromatic heterocycles. The lowest BCUT2D eigenvalue weighted by molar-refractivity contribution is -0.112. The predicted molar refractivity (Wildman–Crippen MR) is 124 cm³/mol. The minimum absolute atomic E-state index is 0.0313. The summed E-state index contributed by atoms with van der Waals surface area (Å²) in [7, 11) is 3.11. The van der Waals surface area contributed by atoms with Crippen molar-refractivity contribution in [2.45, 2.75) is 13.5 Å². The van der Waals surface area contributed by atoms with E-state index in [9.17, 15) is 10.1 Å². The van der Waals surface area contributed by atoms with Gasteiger partial charge in [-0.2, -0.15) is 5.26 Å². The van der Waals surface area contributed by atoms with E-state index in [4.69, 9.17) is 14.2 Å². The predicted octanol–water partition coefficient (Wildman–Crippen LogP) is 5.14. The van der Waals surface area contributed by atoms with Gasteiger partial charge in [0.05, 0.1) is 14.2 Å². The van der Waals surface area contributed by atoms with Crippen LogP contribution in [0.4, 0.5) is 5.69 Å². The van der Waals surface area contributed by atoms with E-state index >= 15 is 0 Å². The van der Waals surface area contributed by atoms with Crippen molar-refractivity contribution in [1.29, 1.82) is 5.26 Å². The van der Waals surface area contributed by atoms with E-state index in [1.54, 1.807) is 56.7 Å². The Morgan fingerprint density at radius 1 is 0.969 bits per heavy atom. The van der Waals surface area contributed by atoms with Gasteiger partial charge >= 0.3 is 0 Å². The lowest BCUT2D eigenvalue weighted by atomic mass is 10.1. The standard InChI is InChI=1S/C26H24N2O4/c1-18-4-6-19(7-5-18)17-32-24-13-8-20(15-25(24)31-3)14-21(16-27)26(29)28-22-9-11-23(30-2)12-10-22/h4-15H,17H2,1-3H3,(H,28,29)/b21-14-. The topological polar surface area (TPSA) is 80.6 Å². The first kappa shape index (κ1) is 22.4. The molecular weight excluding hydrogens is 404 g/mol. The number of hydrogen-bond acceptors (Lipinski definition) is 5. The van der Waals surface area contributed by atoms with E-state index in [1.807, 2.05) is 37.3 Å². The summed E-state index contributed by atoms with van der Waals surface area (Å²) < 4.78 is 16.4. The highest BCUT2D eigenvalue weighted by Crippen LogP contribution is 2.30. The second-order valence-corrected chi connectivity index (χ2v) is 7.04. The Balaban J connectivity index is 1.72. The highest BCUT2D eigenvalue weighted by atomic mass is 16.5. The van der Waals surface area contributed by atoms with Gasteiger partial charge in [0.25, 0.3) is 5.91 Å². The molecule has 0 saturated heterocycles. The Kier molecular flexibility index (Phi) is 7.50. The number of nitrogens with zero attached hydrogens (tertiary/aromatic N) is 1. The van der Waals surface area contributed by atoms with E-state index in [0.717, 1.165) is 5.56 Å². The van der Waals surface area contributed by atoms with Crippen LogP contribution in [-0.4, -0.2) is 20.1 Å². The third-order valence-electron chi connectivity index (χ3n) is 4.73. The zero-order valence-electron chi connectivity index (χ0n) is 18.2. The molecule has 0 heterocycles. The minimum atomic E-state index is -0.503. The van der Waals surface area contributed by atoms with Gasteiger partial charge in [-0.25, -0.2) is 0 Å². The number of ether oxygens (including phenoxy) is 3. The molecule has 0 atom stereocenters. The van der Waals surface area contributed by atoms with Crippen molar-refractivity contribution < 1.29 is 19.0 Å². The van der Waals surface area contributed by atoms with Crippen molar-refractivity contribution in [3.05, 3.63) is 89.0 Å². The van der Waals surface area contributed by atoms with Crippen molar-refractivity contribution in [2.24, 2.45) is 0 Å². The first-order valence-electron chi connectivity index (χ1n) is 9.96. The monoisotopic (exact) mass is 428 g/mol. The molecule has 6 nitrogen and oxygen atoms in total. The van der Waals surface area contributed by atoms with Gasteiger partial charge < -0.3 is 19.5 Å². The van der Waals surface area contributed by atoms with Crippen LogP contribution in [0, 0.1) is 18.3 Å². The molecule has 1 amide bonds. The summed E-state index contributed by atoms with van der Waals surface area (Å²) in [6.07, 6.45) is 1.51. The third-order valence-corrected chi connectivity index (χ3v) is 4.73. The molecule has 3 aromatic rings. The minimum Gasteiger partial charge on any atom is -0.497 e. The van der Waals surface area contributed by atoms with Crippen LogP contribution in [0.3, 0.4) is 0 Å². The van der Waals surface area contributed by atoms with Gasteiger partial charge in [0.1, 0.15) is 24.0 Å². The fourth-order valence-corrected chi connectivity index (χ4v) is 2.93. The first-order chi connectivity index (χ1) is 15.5. The van der Waals surface area contributed by atoms with E-state index in [0.29, 0.717) is 35.1 Å². The van der Waals surface area contributed by atoms with Crippen molar-refractivity contribution in [3.63, 3.8) is 0 Å². The summed E-state index contributed by atoms with van der Waals surface area (Å²) in [6, 6.07) is 22.2. The molecule has 3 aromatic carbocycles. The van der Waals surface area contributed by atoms with Crippen molar-refractivity contribution >= 4 is 17.7 Å². The van der Waals surface area contributed by atoms with Crippen LogP contribution in [0.25, 0.3) is 6.08 Å². The maximum absolute atomic E-state index is 12.5. The number of benzene rings is 3. The number of rotatable bonds is 8. The Hall–Kier alpha value is -4.24. The van der Waals surface area contributed by atoms with Gasteiger partial charge in [0.2, 0.25) is 0 Å². The molecule has 32 heavy (non-hydrogen) atoms. The van der Waals surface area contributed by atoms with Crippen LogP contribution >= 0.6 is 0 Å². The molecular formula is C26H24N2O4. The number of amides is 1. The molecule has 6 heteroatoms. The van der Waals surface area contributed by atoms with Crippen molar-refractivity contribution in [3.8, 4) is 23.3 Å². The number of hydrogen-bond donors (Lipinski definition) is 1. The van der Waals surface area contributed by atoms with Crippen LogP contribution in [0.15, 0.2) is 72.3 Å². The molecule has 0 spiro atoms. The zero-order valence-corrected chi connectivity index (χ0v) is 18.2. The summed E-state index contributed by atoms with van der Waals surface area (Å²) in [5.41, 5.74) is 3.41. The Morgan fingerprint density at radius 2 is 1.69 bits per heavy atom. The van der Waals surface area contributed by atoms with Crippen LogP contribution in [0.2, 0.25) is 0 Å². The molecule has 0 fully saturated rings. The number of carbonyl (C=O) groups excluding carboxylic acids is 1. The fourth-order valence-electron chi connectivity index (χ4n) is 2.93. The summed E-state index contributed by atoms with van der Waals surface area (Å²) in [4.78, 5) is 12.5. The normalized spacial score (nSPS) is 10.8.